The summed E-state index contributed by atoms with van der Waals surface area (Å²) in [4.78, 5) is 30.3. The van der Waals surface area contributed by atoms with Crippen molar-refractivity contribution >= 4 is 11.8 Å². The van der Waals surface area contributed by atoms with E-state index in [1.165, 1.54) is 11.1 Å². The molecule has 0 aromatic heterocycles. The predicted molar refractivity (Wildman–Crippen MR) is 107 cm³/mol. The lowest BCUT2D eigenvalue weighted by Crippen LogP contribution is -2.49. The van der Waals surface area contributed by atoms with Gasteiger partial charge in [0.25, 0.3) is 0 Å². The summed E-state index contributed by atoms with van der Waals surface area (Å²) in [6.45, 7) is 6.29. The molecule has 0 radical (unpaired) electrons. The average Bonchev–Trinajstić information content (AvgIpc) is 3.33. The molecule has 3 saturated heterocycles. The van der Waals surface area contributed by atoms with Crippen LogP contribution in [-0.2, 0) is 20.9 Å². The van der Waals surface area contributed by atoms with Crippen molar-refractivity contribution in [2.45, 2.75) is 51.0 Å². The normalized spacial score (nSPS) is 33.6. The predicted octanol–water partition coefficient (Wildman–Crippen LogP) is 1.57. The maximum Gasteiger partial charge on any atom is 0.230 e. The van der Waals surface area contributed by atoms with Gasteiger partial charge in [0.1, 0.15) is 5.60 Å². The van der Waals surface area contributed by atoms with E-state index in [1.54, 1.807) is 0 Å². The number of carbonyl (C=O) groups excluding carboxylic acids is 2. The second kappa shape index (κ2) is 6.67. The number of aryl methyl sites for hydroxylation is 2. The first-order valence-corrected chi connectivity index (χ1v) is 10.6. The van der Waals surface area contributed by atoms with Gasteiger partial charge in [0.05, 0.1) is 30.6 Å². The largest absolute Gasteiger partial charge is 0.393 e. The summed E-state index contributed by atoms with van der Waals surface area (Å²) >= 11 is 0. The van der Waals surface area contributed by atoms with Crippen molar-refractivity contribution in [3.05, 3.63) is 47.0 Å². The van der Waals surface area contributed by atoms with Crippen LogP contribution in [0.25, 0.3) is 0 Å². The topological polar surface area (TPSA) is 70.1 Å². The van der Waals surface area contributed by atoms with Crippen molar-refractivity contribution in [2.24, 2.45) is 11.8 Å². The van der Waals surface area contributed by atoms with Crippen LogP contribution in [0.4, 0.5) is 0 Å². The van der Waals surface area contributed by atoms with Gasteiger partial charge in [-0.25, -0.2) is 0 Å². The van der Waals surface area contributed by atoms with Crippen LogP contribution in [0.1, 0.15) is 29.5 Å². The number of aliphatic hydroxyl groups excluding tert-OH is 1. The summed E-state index contributed by atoms with van der Waals surface area (Å²) in [6.07, 6.45) is 4.52. The highest BCUT2D eigenvalue weighted by Crippen LogP contribution is 2.52. The van der Waals surface area contributed by atoms with Gasteiger partial charge in [-0.2, -0.15) is 0 Å². The molecule has 6 heteroatoms. The zero-order valence-corrected chi connectivity index (χ0v) is 17.0. The lowest BCUT2D eigenvalue weighted by atomic mass is 9.76. The molecular formula is C23H28N2O4. The zero-order chi connectivity index (χ0) is 20.3. The number of hydrogen-bond donors (Lipinski definition) is 1. The maximum absolute atomic E-state index is 13.4. The molecule has 0 saturated carbocycles. The second-order valence-corrected chi connectivity index (χ2v) is 9.07. The second-order valence-electron chi connectivity index (χ2n) is 9.07. The van der Waals surface area contributed by atoms with Gasteiger partial charge in [0.2, 0.25) is 11.8 Å². The van der Waals surface area contributed by atoms with Crippen molar-refractivity contribution in [2.75, 3.05) is 19.6 Å². The smallest absolute Gasteiger partial charge is 0.230 e. The summed E-state index contributed by atoms with van der Waals surface area (Å²) < 4.78 is 6.24. The Morgan fingerprint density at radius 2 is 2.00 bits per heavy atom. The zero-order valence-electron chi connectivity index (χ0n) is 17.0. The molecule has 4 atom stereocenters. The first-order chi connectivity index (χ1) is 13.9. The molecule has 154 valence electrons. The number of likely N-dealkylation sites (tertiary alicyclic amines) is 2. The Morgan fingerprint density at radius 1 is 1.24 bits per heavy atom. The monoisotopic (exact) mass is 396 g/mol. The van der Waals surface area contributed by atoms with Crippen LogP contribution >= 0.6 is 0 Å². The molecule has 5 rings (SSSR count). The minimum Gasteiger partial charge on any atom is -0.393 e. The Kier molecular flexibility index (Phi) is 4.33. The number of nitrogens with zero attached hydrogens (tertiary/aromatic N) is 2. The fourth-order valence-corrected chi connectivity index (χ4v) is 5.41. The summed E-state index contributed by atoms with van der Waals surface area (Å²) in [5.74, 6) is -0.874. The maximum atomic E-state index is 13.4. The molecule has 4 aliphatic heterocycles. The van der Waals surface area contributed by atoms with Crippen LogP contribution in [0.15, 0.2) is 30.4 Å². The highest BCUT2D eigenvalue weighted by atomic mass is 16.5. The molecule has 1 aromatic rings. The van der Waals surface area contributed by atoms with Gasteiger partial charge in [-0.05, 0) is 43.4 Å². The lowest BCUT2D eigenvalue weighted by Gasteiger charge is -2.34. The van der Waals surface area contributed by atoms with E-state index in [2.05, 4.69) is 32.0 Å². The van der Waals surface area contributed by atoms with E-state index in [0.29, 0.717) is 39.0 Å². The Bertz CT molecular complexity index is 889. The number of hydrogen-bond acceptors (Lipinski definition) is 4. The third-order valence-electron chi connectivity index (χ3n) is 7.18. The van der Waals surface area contributed by atoms with Crippen LogP contribution in [0, 0.1) is 25.7 Å². The molecule has 2 amide bonds. The number of amides is 2. The summed E-state index contributed by atoms with van der Waals surface area (Å²) in [7, 11) is 0. The molecule has 0 unspecified atom stereocenters. The Morgan fingerprint density at radius 3 is 2.72 bits per heavy atom. The Balaban J connectivity index is 1.37. The third kappa shape index (κ3) is 2.92. The van der Waals surface area contributed by atoms with Crippen LogP contribution in [0.3, 0.4) is 0 Å². The van der Waals surface area contributed by atoms with E-state index in [-0.39, 0.29) is 24.0 Å². The van der Waals surface area contributed by atoms with E-state index in [4.69, 9.17) is 4.74 Å². The lowest BCUT2D eigenvalue weighted by molar-refractivity contribution is -0.144. The fraction of sp³-hybridized carbons (Fsp3) is 0.565. The van der Waals surface area contributed by atoms with Crippen molar-refractivity contribution in [3.63, 3.8) is 0 Å². The SMILES string of the molecule is Cc1ccc(CN2C[C@]34C=C[C@H](O3)[C@H](C(=O)N3CCC(O)CC3)[C@H]4C2=O)cc1C. The molecule has 1 spiro atoms. The number of rotatable bonds is 3. The van der Waals surface area contributed by atoms with E-state index in [1.807, 2.05) is 22.0 Å². The van der Waals surface area contributed by atoms with Gasteiger partial charge in [-0.3, -0.25) is 9.59 Å². The minimum absolute atomic E-state index is 0.000458. The van der Waals surface area contributed by atoms with Crippen molar-refractivity contribution in [1.82, 2.24) is 9.80 Å². The highest BCUT2D eigenvalue weighted by molar-refractivity contribution is 5.93. The molecule has 29 heavy (non-hydrogen) atoms. The third-order valence-corrected chi connectivity index (χ3v) is 7.18. The number of carbonyl (C=O) groups is 2. The molecule has 1 N–H and O–H groups in total. The van der Waals surface area contributed by atoms with Crippen molar-refractivity contribution < 1.29 is 19.4 Å². The number of piperidine rings is 1. The molecule has 0 aliphatic carbocycles. The van der Waals surface area contributed by atoms with Gasteiger partial charge in [-0.15, -0.1) is 0 Å². The Hall–Kier alpha value is -2.18. The number of benzene rings is 1. The Labute approximate surface area is 171 Å². The van der Waals surface area contributed by atoms with Crippen LogP contribution in [0.2, 0.25) is 0 Å². The first kappa shape index (κ1) is 18.8. The molecule has 1 aromatic carbocycles. The van der Waals surface area contributed by atoms with Gasteiger partial charge in [-0.1, -0.05) is 30.4 Å². The van der Waals surface area contributed by atoms with Crippen molar-refractivity contribution in [1.29, 1.82) is 0 Å². The molecular weight excluding hydrogens is 368 g/mol. The number of ether oxygens (including phenoxy) is 1. The summed E-state index contributed by atoms with van der Waals surface area (Å²) in [5, 5.41) is 9.75. The number of aliphatic hydroxyl groups is 1. The van der Waals surface area contributed by atoms with E-state index in [9.17, 15) is 14.7 Å². The standard InChI is InChI=1S/C23H28N2O4/c1-14-3-4-16(11-15(14)2)12-25-13-23-8-5-18(29-23)19(20(23)22(25)28)21(27)24-9-6-17(26)7-10-24/h3-5,8,11,17-20,26H,6-7,9-10,12-13H2,1-2H3/t18-,19-,20-,23-/m0/s1. The van der Waals surface area contributed by atoms with Gasteiger partial charge < -0.3 is 19.6 Å². The van der Waals surface area contributed by atoms with E-state index < -0.39 is 17.4 Å². The minimum atomic E-state index is -0.670. The molecule has 4 aliphatic rings. The van der Waals surface area contributed by atoms with Gasteiger partial charge in [0, 0.05) is 19.6 Å². The van der Waals surface area contributed by atoms with Crippen molar-refractivity contribution in [3.8, 4) is 0 Å². The fourth-order valence-electron chi connectivity index (χ4n) is 5.41. The highest BCUT2D eigenvalue weighted by Gasteiger charge is 2.67. The average molecular weight is 396 g/mol. The molecule has 6 nitrogen and oxygen atoms in total. The van der Waals surface area contributed by atoms with Gasteiger partial charge >= 0.3 is 0 Å². The van der Waals surface area contributed by atoms with Crippen LogP contribution in [0.5, 0.6) is 0 Å². The van der Waals surface area contributed by atoms with Crippen LogP contribution in [-0.4, -0.2) is 64.2 Å². The van der Waals surface area contributed by atoms with Crippen LogP contribution < -0.4 is 0 Å². The number of fused-ring (bicyclic) bond motifs is 1. The molecule has 4 heterocycles. The summed E-state index contributed by atoms with van der Waals surface area (Å²) in [6, 6.07) is 6.28. The quantitative estimate of drug-likeness (QED) is 0.788. The molecule has 3 fully saturated rings. The van der Waals surface area contributed by atoms with Gasteiger partial charge in [0.15, 0.2) is 0 Å². The first-order valence-electron chi connectivity index (χ1n) is 10.6. The molecule has 2 bridgehead atoms. The van der Waals surface area contributed by atoms with E-state index in [0.717, 1.165) is 5.56 Å². The summed E-state index contributed by atoms with van der Waals surface area (Å²) in [5.41, 5.74) is 2.88. The van der Waals surface area contributed by atoms with E-state index >= 15 is 0 Å².